The summed E-state index contributed by atoms with van der Waals surface area (Å²) in [7, 11) is 0. The lowest BCUT2D eigenvalue weighted by Crippen LogP contribution is -2.34. The molecule has 1 N–H and O–H groups in total. The first-order chi connectivity index (χ1) is 10.3. The van der Waals surface area contributed by atoms with Crippen LogP contribution < -0.4 is 10.2 Å². The number of anilines is 1. The summed E-state index contributed by atoms with van der Waals surface area (Å²) in [4.78, 5) is 14.2. The van der Waals surface area contributed by atoms with Crippen LogP contribution in [0.15, 0.2) is 54.6 Å². The van der Waals surface area contributed by atoms with Crippen molar-refractivity contribution in [2.75, 3.05) is 24.5 Å². The Balaban J connectivity index is 1.46. The van der Waals surface area contributed by atoms with Gasteiger partial charge in [-0.25, -0.2) is 0 Å². The third-order valence-corrected chi connectivity index (χ3v) is 3.89. The second kappa shape index (κ2) is 6.44. The second-order valence-corrected chi connectivity index (χ2v) is 5.38. The van der Waals surface area contributed by atoms with Crippen LogP contribution >= 0.6 is 0 Å². The van der Waals surface area contributed by atoms with E-state index < -0.39 is 0 Å². The molecule has 2 aromatic rings. The maximum Gasteiger partial charge on any atom is 0.224 e. The van der Waals surface area contributed by atoms with E-state index >= 15 is 0 Å². The first-order valence-corrected chi connectivity index (χ1v) is 7.46. The molecule has 0 saturated heterocycles. The number of carbonyl (C=O) groups is 1. The second-order valence-electron chi connectivity index (χ2n) is 5.38. The topological polar surface area (TPSA) is 32.3 Å². The van der Waals surface area contributed by atoms with Crippen molar-refractivity contribution in [2.24, 2.45) is 0 Å². The molecule has 0 unspecified atom stereocenters. The smallest absolute Gasteiger partial charge is 0.224 e. The molecule has 108 valence electrons. The van der Waals surface area contributed by atoms with Crippen LogP contribution in [0.25, 0.3) is 0 Å². The molecule has 0 aromatic heterocycles. The van der Waals surface area contributed by atoms with Gasteiger partial charge in [0.25, 0.3) is 0 Å². The summed E-state index contributed by atoms with van der Waals surface area (Å²) in [6, 6.07) is 18.4. The summed E-state index contributed by atoms with van der Waals surface area (Å²) in [5, 5.41) is 3.01. The molecule has 2 aromatic carbocycles. The zero-order valence-corrected chi connectivity index (χ0v) is 12.1. The Morgan fingerprint density at radius 3 is 2.67 bits per heavy atom. The van der Waals surface area contributed by atoms with E-state index in [1.54, 1.807) is 0 Å². The summed E-state index contributed by atoms with van der Waals surface area (Å²) in [5.74, 6) is 0.0914. The zero-order chi connectivity index (χ0) is 14.5. The fraction of sp³-hybridized carbons (Fsp3) is 0.278. The van der Waals surface area contributed by atoms with Crippen LogP contribution in [0.3, 0.4) is 0 Å². The molecular weight excluding hydrogens is 260 g/mol. The normalized spacial score (nSPS) is 13.0. The summed E-state index contributed by atoms with van der Waals surface area (Å²) in [6.07, 6.45) is 1.56. The fourth-order valence-electron chi connectivity index (χ4n) is 2.81. The van der Waals surface area contributed by atoms with Gasteiger partial charge in [-0.05, 0) is 23.6 Å². The molecule has 1 aliphatic rings. The number of nitrogens with zero attached hydrogens (tertiary/aromatic N) is 1. The number of fused-ring (bicyclic) bond motifs is 1. The number of amides is 1. The molecule has 0 bridgehead atoms. The summed E-state index contributed by atoms with van der Waals surface area (Å²) in [5.41, 5.74) is 3.78. The van der Waals surface area contributed by atoms with E-state index in [-0.39, 0.29) is 5.91 Å². The summed E-state index contributed by atoms with van der Waals surface area (Å²) < 4.78 is 0. The lowest BCUT2D eigenvalue weighted by atomic mass is 10.1. The molecule has 0 radical (unpaired) electrons. The van der Waals surface area contributed by atoms with Gasteiger partial charge in [-0.1, -0.05) is 48.5 Å². The quantitative estimate of drug-likeness (QED) is 0.912. The van der Waals surface area contributed by atoms with Crippen LogP contribution in [0.1, 0.15) is 11.1 Å². The Kier molecular flexibility index (Phi) is 4.20. The monoisotopic (exact) mass is 280 g/mol. The largest absolute Gasteiger partial charge is 0.369 e. The third-order valence-electron chi connectivity index (χ3n) is 3.89. The third kappa shape index (κ3) is 3.43. The molecule has 0 fully saturated rings. The Labute approximate surface area is 125 Å². The van der Waals surface area contributed by atoms with E-state index in [2.05, 4.69) is 34.5 Å². The van der Waals surface area contributed by atoms with Crippen molar-refractivity contribution in [3.05, 3.63) is 65.7 Å². The van der Waals surface area contributed by atoms with Gasteiger partial charge in [0.1, 0.15) is 0 Å². The van der Waals surface area contributed by atoms with Gasteiger partial charge in [-0.15, -0.1) is 0 Å². The lowest BCUT2D eigenvalue weighted by Gasteiger charge is -2.19. The molecule has 0 atom stereocenters. The lowest BCUT2D eigenvalue weighted by molar-refractivity contribution is -0.120. The Morgan fingerprint density at radius 1 is 1.05 bits per heavy atom. The standard InChI is InChI=1S/C18H20N2O/c21-18(14-15-6-2-1-3-7-15)19-11-13-20-12-10-16-8-4-5-9-17(16)20/h1-9H,10-14H2,(H,19,21). The zero-order valence-electron chi connectivity index (χ0n) is 12.1. The van der Waals surface area contributed by atoms with Crippen molar-refractivity contribution in [3.63, 3.8) is 0 Å². The Bertz CT molecular complexity index is 610. The highest BCUT2D eigenvalue weighted by Crippen LogP contribution is 2.26. The van der Waals surface area contributed by atoms with Gasteiger partial charge in [0, 0.05) is 25.3 Å². The number of benzene rings is 2. The number of hydrogen-bond acceptors (Lipinski definition) is 2. The minimum absolute atomic E-state index is 0.0914. The van der Waals surface area contributed by atoms with E-state index in [0.717, 1.165) is 25.1 Å². The van der Waals surface area contributed by atoms with Gasteiger partial charge < -0.3 is 10.2 Å². The van der Waals surface area contributed by atoms with Gasteiger partial charge in [-0.3, -0.25) is 4.79 Å². The highest BCUT2D eigenvalue weighted by Gasteiger charge is 2.17. The van der Waals surface area contributed by atoms with Gasteiger partial charge in [0.05, 0.1) is 6.42 Å². The minimum atomic E-state index is 0.0914. The van der Waals surface area contributed by atoms with Crippen molar-refractivity contribution in [3.8, 4) is 0 Å². The fourth-order valence-corrected chi connectivity index (χ4v) is 2.81. The number of para-hydroxylation sites is 1. The first-order valence-electron chi connectivity index (χ1n) is 7.46. The number of hydrogen-bond donors (Lipinski definition) is 1. The van der Waals surface area contributed by atoms with Crippen LogP contribution in [0.4, 0.5) is 5.69 Å². The van der Waals surface area contributed by atoms with E-state index in [9.17, 15) is 4.79 Å². The van der Waals surface area contributed by atoms with Crippen LogP contribution in [-0.2, 0) is 17.6 Å². The Morgan fingerprint density at radius 2 is 1.81 bits per heavy atom. The molecule has 3 heteroatoms. The molecule has 1 aliphatic heterocycles. The number of rotatable bonds is 5. The predicted molar refractivity (Wildman–Crippen MR) is 85.5 cm³/mol. The van der Waals surface area contributed by atoms with Crippen molar-refractivity contribution in [2.45, 2.75) is 12.8 Å². The van der Waals surface area contributed by atoms with Crippen molar-refractivity contribution < 1.29 is 4.79 Å². The summed E-state index contributed by atoms with van der Waals surface area (Å²) >= 11 is 0. The highest BCUT2D eigenvalue weighted by molar-refractivity contribution is 5.78. The van der Waals surface area contributed by atoms with E-state index in [1.807, 2.05) is 30.3 Å². The van der Waals surface area contributed by atoms with Gasteiger partial charge in [0.2, 0.25) is 5.91 Å². The van der Waals surface area contributed by atoms with E-state index in [1.165, 1.54) is 11.3 Å². The molecule has 1 heterocycles. The van der Waals surface area contributed by atoms with Crippen LogP contribution in [0.5, 0.6) is 0 Å². The van der Waals surface area contributed by atoms with Crippen molar-refractivity contribution in [1.82, 2.24) is 5.32 Å². The molecule has 0 spiro atoms. The average Bonchev–Trinajstić information content (AvgIpc) is 2.92. The molecular formula is C18H20N2O. The van der Waals surface area contributed by atoms with Crippen LogP contribution in [0.2, 0.25) is 0 Å². The SMILES string of the molecule is O=C(Cc1ccccc1)NCCN1CCc2ccccc21. The number of nitrogens with one attached hydrogen (secondary N) is 1. The number of carbonyl (C=O) groups excluding carboxylic acids is 1. The molecule has 3 nitrogen and oxygen atoms in total. The molecule has 0 aliphatic carbocycles. The maximum atomic E-state index is 11.9. The molecule has 21 heavy (non-hydrogen) atoms. The molecule has 0 saturated carbocycles. The van der Waals surface area contributed by atoms with E-state index in [4.69, 9.17) is 0 Å². The maximum absolute atomic E-state index is 11.9. The Hall–Kier alpha value is -2.29. The van der Waals surface area contributed by atoms with Crippen LogP contribution in [-0.4, -0.2) is 25.5 Å². The van der Waals surface area contributed by atoms with Gasteiger partial charge in [-0.2, -0.15) is 0 Å². The van der Waals surface area contributed by atoms with E-state index in [0.29, 0.717) is 13.0 Å². The summed E-state index contributed by atoms with van der Waals surface area (Å²) in [6.45, 7) is 2.62. The molecule has 3 rings (SSSR count). The van der Waals surface area contributed by atoms with Gasteiger partial charge >= 0.3 is 0 Å². The first kappa shape index (κ1) is 13.7. The predicted octanol–water partition coefficient (Wildman–Crippen LogP) is 2.41. The minimum Gasteiger partial charge on any atom is -0.369 e. The molecule has 1 amide bonds. The van der Waals surface area contributed by atoms with Crippen molar-refractivity contribution >= 4 is 11.6 Å². The highest BCUT2D eigenvalue weighted by atomic mass is 16.1. The van der Waals surface area contributed by atoms with Crippen molar-refractivity contribution in [1.29, 1.82) is 0 Å². The average molecular weight is 280 g/mol. The van der Waals surface area contributed by atoms with Gasteiger partial charge in [0.15, 0.2) is 0 Å². The van der Waals surface area contributed by atoms with Crippen LogP contribution in [0, 0.1) is 0 Å².